The van der Waals surface area contributed by atoms with Crippen molar-refractivity contribution in [2.45, 2.75) is 31.7 Å². The van der Waals surface area contributed by atoms with Gasteiger partial charge in [0.15, 0.2) is 0 Å². The van der Waals surface area contributed by atoms with E-state index in [0.717, 1.165) is 0 Å². The molecule has 1 aliphatic rings. The normalized spacial score (nSPS) is 21.6. The molecule has 0 N–H and O–H groups in total. The molecule has 0 amide bonds. The molecule has 0 aliphatic carbocycles. The first kappa shape index (κ1) is 9.85. The molecule has 2 heteroatoms. The number of nitrogens with zero attached hydrogens (tertiary/aromatic N) is 1. The Balaban J connectivity index is 2.30. The molecule has 1 unspecified atom stereocenters. The number of para-hydroxylation sites is 1. The van der Waals surface area contributed by atoms with Gasteiger partial charge in [-0.05, 0) is 31.4 Å². The lowest BCUT2D eigenvalue weighted by Crippen LogP contribution is -2.27. The Kier molecular flexibility index (Phi) is 2.97. The van der Waals surface area contributed by atoms with Crippen LogP contribution in [0.4, 0.5) is 5.69 Å². The molecule has 1 aromatic rings. The fourth-order valence-electron chi connectivity index (χ4n) is 2.20. The minimum atomic E-state index is 0.611. The van der Waals surface area contributed by atoms with E-state index in [-0.39, 0.29) is 0 Å². The Morgan fingerprint density at radius 1 is 1.43 bits per heavy atom. The van der Waals surface area contributed by atoms with E-state index in [1.807, 2.05) is 0 Å². The summed E-state index contributed by atoms with van der Waals surface area (Å²) >= 11 is 5.93. The first-order valence-corrected chi connectivity index (χ1v) is 5.77. The monoisotopic (exact) mass is 209 g/mol. The quantitative estimate of drug-likeness (QED) is 0.675. The van der Waals surface area contributed by atoms with Gasteiger partial charge in [-0.1, -0.05) is 18.2 Å². The molecular weight excluding hydrogens is 194 g/mol. The van der Waals surface area contributed by atoms with Gasteiger partial charge >= 0.3 is 0 Å². The third-order valence-electron chi connectivity index (χ3n) is 3.00. The predicted octanol–water partition coefficient (Wildman–Crippen LogP) is 3.41. The van der Waals surface area contributed by atoms with Crippen molar-refractivity contribution in [3.8, 4) is 0 Å². The maximum absolute atomic E-state index is 5.93. The van der Waals surface area contributed by atoms with Crippen LogP contribution >= 0.6 is 11.6 Å². The van der Waals surface area contributed by atoms with Crippen molar-refractivity contribution in [3.63, 3.8) is 0 Å². The molecule has 1 heterocycles. The molecule has 1 aliphatic heterocycles. The second-order valence-corrected chi connectivity index (χ2v) is 4.21. The minimum Gasteiger partial charge on any atom is -0.369 e. The molecule has 0 radical (unpaired) electrons. The van der Waals surface area contributed by atoms with Crippen LogP contribution in [-0.4, -0.2) is 12.6 Å². The van der Waals surface area contributed by atoms with Crippen LogP contribution in [0.3, 0.4) is 0 Å². The van der Waals surface area contributed by atoms with Crippen molar-refractivity contribution in [2.75, 3.05) is 11.4 Å². The second kappa shape index (κ2) is 4.22. The maximum atomic E-state index is 5.93. The van der Waals surface area contributed by atoms with Crippen LogP contribution in [0.15, 0.2) is 24.3 Å². The van der Waals surface area contributed by atoms with Crippen LogP contribution in [0, 0.1) is 0 Å². The van der Waals surface area contributed by atoms with Gasteiger partial charge in [0.1, 0.15) is 0 Å². The Labute approximate surface area is 90.7 Å². The summed E-state index contributed by atoms with van der Waals surface area (Å²) in [4.78, 5) is 2.47. The van der Waals surface area contributed by atoms with Crippen LogP contribution < -0.4 is 4.90 Å². The fourth-order valence-corrected chi connectivity index (χ4v) is 2.42. The van der Waals surface area contributed by atoms with E-state index >= 15 is 0 Å². The van der Waals surface area contributed by atoms with E-state index in [4.69, 9.17) is 11.6 Å². The molecule has 1 saturated heterocycles. The molecule has 14 heavy (non-hydrogen) atoms. The van der Waals surface area contributed by atoms with Crippen molar-refractivity contribution in [3.05, 3.63) is 29.8 Å². The van der Waals surface area contributed by atoms with E-state index < -0.39 is 0 Å². The highest BCUT2D eigenvalue weighted by Gasteiger charge is 2.21. The molecule has 1 aromatic carbocycles. The number of benzene rings is 1. The highest BCUT2D eigenvalue weighted by molar-refractivity contribution is 6.17. The zero-order valence-electron chi connectivity index (χ0n) is 8.54. The van der Waals surface area contributed by atoms with Crippen molar-refractivity contribution < 1.29 is 0 Å². The molecule has 76 valence electrons. The molecular formula is C12H16ClN. The van der Waals surface area contributed by atoms with Crippen LogP contribution in [-0.2, 0) is 5.88 Å². The summed E-state index contributed by atoms with van der Waals surface area (Å²) in [5.41, 5.74) is 2.58. The van der Waals surface area contributed by atoms with E-state index in [2.05, 4.69) is 36.1 Å². The molecule has 0 spiro atoms. The van der Waals surface area contributed by atoms with Gasteiger partial charge in [-0.3, -0.25) is 0 Å². The first-order chi connectivity index (χ1) is 6.83. The van der Waals surface area contributed by atoms with Crippen LogP contribution in [0.2, 0.25) is 0 Å². The maximum Gasteiger partial charge on any atom is 0.0494 e. The molecule has 0 saturated carbocycles. The lowest BCUT2D eigenvalue weighted by molar-refractivity contribution is 0.733. The number of hydrogen-bond acceptors (Lipinski definition) is 1. The summed E-state index contributed by atoms with van der Waals surface area (Å²) < 4.78 is 0. The van der Waals surface area contributed by atoms with Crippen molar-refractivity contribution in [2.24, 2.45) is 0 Å². The number of halogens is 1. The molecule has 1 atom stereocenters. The second-order valence-electron chi connectivity index (χ2n) is 3.95. The van der Waals surface area contributed by atoms with Gasteiger partial charge in [0.25, 0.3) is 0 Å². The SMILES string of the molecule is CC1CCCN1c1ccccc1CCl. The number of hydrogen-bond donors (Lipinski definition) is 0. The lowest BCUT2D eigenvalue weighted by atomic mass is 10.1. The Hall–Kier alpha value is -0.690. The van der Waals surface area contributed by atoms with Crippen molar-refractivity contribution in [1.82, 2.24) is 0 Å². The molecule has 0 aromatic heterocycles. The minimum absolute atomic E-state index is 0.611. The number of anilines is 1. The third-order valence-corrected chi connectivity index (χ3v) is 3.29. The van der Waals surface area contributed by atoms with Crippen molar-refractivity contribution >= 4 is 17.3 Å². The van der Waals surface area contributed by atoms with Crippen LogP contribution in [0.1, 0.15) is 25.3 Å². The standard InChI is InChI=1S/C12H16ClN/c1-10-5-4-8-14(10)12-7-3-2-6-11(12)9-13/h2-3,6-7,10H,4-5,8-9H2,1H3. The molecule has 0 bridgehead atoms. The smallest absolute Gasteiger partial charge is 0.0494 e. The molecule has 1 fully saturated rings. The Bertz CT molecular complexity index is 311. The van der Waals surface area contributed by atoms with Gasteiger partial charge in [-0.25, -0.2) is 0 Å². The van der Waals surface area contributed by atoms with Gasteiger partial charge in [0, 0.05) is 24.2 Å². The third kappa shape index (κ3) is 1.74. The summed E-state index contributed by atoms with van der Waals surface area (Å²) in [6, 6.07) is 9.12. The lowest BCUT2D eigenvalue weighted by Gasteiger charge is -2.25. The number of rotatable bonds is 2. The number of alkyl halides is 1. The first-order valence-electron chi connectivity index (χ1n) is 5.23. The van der Waals surface area contributed by atoms with E-state index in [9.17, 15) is 0 Å². The zero-order chi connectivity index (χ0) is 9.97. The molecule has 2 rings (SSSR count). The van der Waals surface area contributed by atoms with E-state index in [0.29, 0.717) is 11.9 Å². The predicted molar refractivity (Wildman–Crippen MR) is 62.0 cm³/mol. The van der Waals surface area contributed by atoms with Gasteiger partial charge in [0.2, 0.25) is 0 Å². The van der Waals surface area contributed by atoms with Gasteiger partial charge in [-0.15, -0.1) is 11.6 Å². The highest BCUT2D eigenvalue weighted by atomic mass is 35.5. The fraction of sp³-hybridized carbons (Fsp3) is 0.500. The highest BCUT2D eigenvalue weighted by Crippen LogP contribution is 2.29. The summed E-state index contributed by atoms with van der Waals surface area (Å²) in [5, 5.41) is 0. The Morgan fingerprint density at radius 3 is 2.86 bits per heavy atom. The summed E-state index contributed by atoms with van der Waals surface area (Å²) in [6.45, 7) is 3.47. The van der Waals surface area contributed by atoms with Crippen molar-refractivity contribution in [1.29, 1.82) is 0 Å². The topological polar surface area (TPSA) is 3.24 Å². The average molecular weight is 210 g/mol. The molecule has 1 nitrogen and oxygen atoms in total. The van der Waals surface area contributed by atoms with E-state index in [1.165, 1.54) is 30.6 Å². The largest absolute Gasteiger partial charge is 0.369 e. The Morgan fingerprint density at radius 2 is 2.21 bits per heavy atom. The summed E-state index contributed by atoms with van der Waals surface area (Å²) in [6.07, 6.45) is 2.61. The van der Waals surface area contributed by atoms with E-state index in [1.54, 1.807) is 0 Å². The van der Waals surface area contributed by atoms with Crippen LogP contribution in [0.25, 0.3) is 0 Å². The summed E-state index contributed by atoms with van der Waals surface area (Å²) in [5.74, 6) is 0.611. The summed E-state index contributed by atoms with van der Waals surface area (Å²) in [7, 11) is 0. The van der Waals surface area contributed by atoms with Crippen LogP contribution in [0.5, 0.6) is 0 Å². The average Bonchev–Trinajstić information content (AvgIpc) is 2.64. The van der Waals surface area contributed by atoms with Gasteiger partial charge in [-0.2, -0.15) is 0 Å². The van der Waals surface area contributed by atoms with Gasteiger partial charge in [0.05, 0.1) is 0 Å². The zero-order valence-corrected chi connectivity index (χ0v) is 9.30. The van der Waals surface area contributed by atoms with Gasteiger partial charge < -0.3 is 4.90 Å².